The molecule has 0 aliphatic carbocycles. The molecule has 2 heterocycles. The molecule has 0 saturated carbocycles. The third-order valence-electron chi connectivity index (χ3n) is 7.18. The van der Waals surface area contributed by atoms with Crippen LogP contribution in [-0.4, -0.2) is 58.6 Å². The Bertz CT molecular complexity index is 1570. The number of aryl methyl sites for hydroxylation is 1. The molecule has 1 aliphatic rings. The number of hydrogen-bond donors (Lipinski definition) is 4. The van der Waals surface area contributed by atoms with Gasteiger partial charge in [-0.1, -0.05) is 6.07 Å². The van der Waals surface area contributed by atoms with Crippen LogP contribution in [0.5, 0.6) is 17.2 Å². The second kappa shape index (κ2) is 8.35. The summed E-state index contributed by atoms with van der Waals surface area (Å²) in [6.45, 7) is 4.75. The van der Waals surface area contributed by atoms with Crippen molar-refractivity contribution < 1.29 is 39.1 Å². The number of ether oxygens (including phenoxy) is 3. The van der Waals surface area contributed by atoms with Crippen molar-refractivity contribution in [1.29, 1.82) is 0 Å². The Labute approximate surface area is 206 Å². The highest BCUT2D eigenvalue weighted by Crippen LogP contribution is 2.48. The van der Waals surface area contributed by atoms with E-state index in [1.807, 2.05) is 6.92 Å². The van der Waals surface area contributed by atoms with E-state index < -0.39 is 35.6 Å². The maximum Gasteiger partial charge on any atom is 0.344 e. The number of aromatic hydroxyl groups is 1. The van der Waals surface area contributed by atoms with Crippen LogP contribution in [0, 0.1) is 6.92 Å². The SMILES string of the molecule is COc1cc2c(oc(=O)c3cc(C)cc(OC)c32)c2c([C@H]3O[C@@H](C)[C@H](O)[C@@](C)(O)[C@@H]3O)ccc(O)c12. The van der Waals surface area contributed by atoms with Gasteiger partial charge in [-0.2, -0.15) is 0 Å². The molecule has 0 unspecified atom stereocenters. The maximum atomic E-state index is 13.2. The Hall–Kier alpha value is -3.37. The van der Waals surface area contributed by atoms with E-state index in [0.29, 0.717) is 33.2 Å². The second-order valence-corrected chi connectivity index (χ2v) is 9.54. The minimum Gasteiger partial charge on any atom is -0.507 e. The largest absolute Gasteiger partial charge is 0.507 e. The van der Waals surface area contributed by atoms with Crippen LogP contribution in [-0.2, 0) is 4.74 Å². The predicted octanol–water partition coefficient (Wildman–Crippen LogP) is 3.06. The van der Waals surface area contributed by atoms with Gasteiger partial charge in [-0.25, -0.2) is 4.79 Å². The van der Waals surface area contributed by atoms with E-state index in [0.717, 1.165) is 5.56 Å². The number of phenols is 1. The van der Waals surface area contributed by atoms with Gasteiger partial charge >= 0.3 is 5.63 Å². The molecular formula is C27H28O9. The van der Waals surface area contributed by atoms with Gasteiger partial charge in [0.05, 0.1) is 31.1 Å². The minimum absolute atomic E-state index is 0.130. The zero-order valence-corrected chi connectivity index (χ0v) is 20.5. The zero-order chi connectivity index (χ0) is 26.1. The topological polar surface area (TPSA) is 139 Å². The average molecular weight is 497 g/mol. The molecule has 9 nitrogen and oxygen atoms in total. The van der Waals surface area contributed by atoms with Crippen molar-refractivity contribution in [2.24, 2.45) is 0 Å². The third kappa shape index (κ3) is 3.35. The van der Waals surface area contributed by atoms with Crippen LogP contribution in [0.3, 0.4) is 0 Å². The van der Waals surface area contributed by atoms with Crippen LogP contribution in [0.2, 0.25) is 0 Å². The summed E-state index contributed by atoms with van der Waals surface area (Å²) < 4.78 is 23.0. The van der Waals surface area contributed by atoms with Crippen molar-refractivity contribution >= 4 is 32.5 Å². The monoisotopic (exact) mass is 496 g/mol. The lowest BCUT2D eigenvalue weighted by Crippen LogP contribution is -2.61. The van der Waals surface area contributed by atoms with Gasteiger partial charge in [-0.3, -0.25) is 0 Å². The van der Waals surface area contributed by atoms with E-state index in [4.69, 9.17) is 18.6 Å². The van der Waals surface area contributed by atoms with Gasteiger partial charge in [0.2, 0.25) is 0 Å². The molecule has 4 aromatic rings. The summed E-state index contributed by atoms with van der Waals surface area (Å²) in [4.78, 5) is 13.2. The number of aliphatic hydroxyl groups excluding tert-OH is 2. The molecule has 0 bridgehead atoms. The smallest absolute Gasteiger partial charge is 0.344 e. The molecule has 0 spiro atoms. The van der Waals surface area contributed by atoms with Gasteiger partial charge in [-0.05, 0) is 56.2 Å². The first-order chi connectivity index (χ1) is 17.0. The van der Waals surface area contributed by atoms with E-state index in [1.165, 1.54) is 33.3 Å². The van der Waals surface area contributed by atoms with Crippen LogP contribution >= 0.6 is 0 Å². The normalized spacial score (nSPS) is 26.6. The van der Waals surface area contributed by atoms with Crippen molar-refractivity contribution in [2.75, 3.05) is 14.2 Å². The van der Waals surface area contributed by atoms with Crippen LogP contribution in [0.15, 0.2) is 39.5 Å². The summed E-state index contributed by atoms with van der Waals surface area (Å²) in [6, 6.07) is 8.11. The van der Waals surface area contributed by atoms with E-state index in [2.05, 4.69) is 0 Å². The van der Waals surface area contributed by atoms with E-state index >= 15 is 0 Å². The Morgan fingerprint density at radius 2 is 1.61 bits per heavy atom. The lowest BCUT2D eigenvalue weighted by atomic mass is 9.80. The predicted molar refractivity (Wildman–Crippen MR) is 133 cm³/mol. The van der Waals surface area contributed by atoms with Crippen LogP contribution < -0.4 is 15.1 Å². The summed E-state index contributed by atoms with van der Waals surface area (Å²) in [6.07, 6.45) is -4.84. The molecule has 1 fully saturated rings. The standard InChI is InChI=1S/C27H28O9/c1-11-8-15-19(17(9-11)33-4)14-10-18(34-5)21-16(28)7-6-13(20(21)22(14)36-26(15)31)23-25(30)27(3,32)24(29)12(2)35-23/h6-10,12,23-25,28-30,32H,1-5H3/t12-,23+,24-,25+,27+/m0/s1. The number of aliphatic hydroxyl groups is 3. The lowest BCUT2D eigenvalue weighted by molar-refractivity contribution is -0.261. The summed E-state index contributed by atoms with van der Waals surface area (Å²) in [5.41, 5.74) is -1.22. The minimum atomic E-state index is -1.89. The fraction of sp³-hybridized carbons (Fsp3) is 0.370. The molecule has 3 aromatic carbocycles. The van der Waals surface area contributed by atoms with Crippen molar-refractivity contribution in [2.45, 2.75) is 50.8 Å². The molecule has 4 N–H and O–H groups in total. The molecule has 5 rings (SSSR count). The molecule has 0 radical (unpaired) electrons. The van der Waals surface area contributed by atoms with Crippen LogP contribution in [0.4, 0.5) is 0 Å². The molecule has 190 valence electrons. The Balaban J connectivity index is 1.97. The molecule has 1 aromatic heterocycles. The Kier molecular flexibility index (Phi) is 5.64. The van der Waals surface area contributed by atoms with Gasteiger partial charge in [0.25, 0.3) is 0 Å². The summed E-state index contributed by atoms with van der Waals surface area (Å²) >= 11 is 0. The van der Waals surface area contributed by atoms with Crippen molar-refractivity contribution in [1.82, 2.24) is 0 Å². The van der Waals surface area contributed by atoms with Gasteiger partial charge in [0.15, 0.2) is 0 Å². The van der Waals surface area contributed by atoms with Gasteiger partial charge in [-0.15, -0.1) is 0 Å². The van der Waals surface area contributed by atoms with E-state index in [-0.39, 0.29) is 22.1 Å². The maximum absolute atomic E-state index is 13.2. The first kappa shape index (κ1) is 24.3. The van der Waals surface area contributed by atoms with Crippen molar-refractivity contribution in [3.05, 3.63) is 51.9 Å². The quantitative estimate of drug-likeness (QED) is 0.249. The fourth-order valence-corrected chi connectivity index (χ4v) is 5.28. The molecule has 0 amide bonds. The highest BCUT2D eigenvalue weighted by molar-refractivity contribution is 6.19. The zero-order valence-electron chi connectivity index (χ0n) is 20.5. The molecule has 5 atom stereocenters. The number of phenolic OH excluding ortho intramolecular Hbond substituents is 1. The second-order valence-electron chi connectivity index (χ2n) is 9.54. The molecule has 1 saturated heterocycles. The van der Waals surface area contributed by atoms with Gasteiger partial charge in [0, 0.05) is 16.2 Å². The molecule has 36 heavy (non-hydrogen) atoms. The van der Waals surface area contributed by atoms with Crippen molar-refractivity contribution in [3.63, 3.8) is 0 Å². The summed E-state index contributed by atoms with van der Waals surface area (Å²) in [5, 5.41) is 45.0. The van der Waals surface area contributed by atoms with Gasteiger partial charge in [0.1, 0.15) is 46.7 Å². The Morgan fingerprint density at radius 3 is 2.28 bits per heavy atom. The molecule has 1 aliphatic heterocycles. The highest BCUT2D eigenvalue weighted by Gasteiger charge is 2.51. The lowest BCUT2D eigenvalue weighted by Gasteiger charge is -2.46. The molecule has 9 heteroatoms. The number of benzene rings is 3. The number of rotatable bonds is 3. The van der Waals surface area contributed by atoms with Gasteiger partial charge < -0.3 is 39.1 Å². The highest BCUT2D eigenvalue weighted by atomic mass is 16.5. The number of fused-ring (bicyclic) bond motifs is 5. The van der Waals surface area contributed by atoms with E-state index in [1.54, 1.807) is 25.1 Å². The average Bonchev–Trinajstić information content (AvgIpc) is 2.85. The van der Waals surface area contributed by atoms with Crippen LogP contribution in [0.25, 0.3) is 32.5 Å². The fourth-order valence-electron chi connectivity index (χ4n) is 5.28. The number of methoxy groups -OCH3 is 2. The first-order valence-corrected chi connectivity index (χ1v) is 11.5. The third-order valence-corrected chi connectivity index (χ3v) is 7.18. The Morgan fingerprint density at radius 1 is 0.944 bits per heavy atom. The summed E-state index contributed by atoms with van der Waals surface area (Å²) in [7, 11) is 2.95. The first-order valence-electron chi connectivity index (χ1n) is 11.5. The van der Waals surface area contributed by atoms with Crippen LogP contribution in [0.1, 0.15) is 31.1 Å². The van der Waals surface area contributed by atoms with E-state index in [9.17, 15) is 25.2 Å². The summed E-state index contributed by atoms with van der Waals surface area (Å²) in [5.74, 6) is 0.607. The number of hydrogen-bond acceptors (Lipinski definition) is 9. The van der Waals surface area contributed by atoms with Crippen molar-refractivity contribution in [3.8, 4) is 17.2 Å². The molecular weight excluding hydrogens is 468 g/mol.